The summed E-state index contributed by atoms with van der Waals surface area (Å²) in [4.78, 5) is 2.11. The summed E-state index contributed by atoms with van der Waals surface area (Å²) in [7, 11) is 1.71. The van der Waals surface area contributed by atoms with Crippen molar-refractivity contribution in [3.8, 4) is 6.07 Å². The maximum Gasteiger partial charge on any atom is 0.0948 e. The van der Waals surface area contributed by atoms with Gasteiger partial charge in [-0.25, -0.2) is 0 Å². The number of rotatable bonds is 7. The van der Waals surface area contributed by atoms with E-state index in [2.05, 4.69) is 35.2 Å². The molecule has 0 saturated carbocycles. The molecule has 1 atom stereocenters. The standard InChI is InChI=1S/C18H20N2O/c1-21-18(17-10-6-3-7-11-17)15-20(13-12-19)14-16-8-4-2-5-9-16/h2-11,18H,13-15H2,1H3/t18-/m1/s1. The Morgan fingerprint density at radius 1 is 1.05 bits per heavy atom. The number of hydrogen-bond acceptors (Lipinski definition) is 3. The highest BCUT2D eigenvalue weighted by Crippen LogP contribution is 2.18. The summed E-state index contributed by atoms with van der Waals surface area (Å²) in [5, 5.41) is 9.04. The van der Waals surface area contributed by atoms with Crippen LogP contribution in [0.2, 0.25) is 0 Å². The number of ether oxygens (including phenoxy) is 1. The third kappa shape index (κ3) is 4.71. The normalized spacial score (nSPS) is 12.0. The van der Waals surface area contributed by atoms with Crippen LogP contribution >= 0.6 is 0 Å². The van der Waals surface area contributed by atoms with Gasteiger partial charge in [-0.15, -0.1) is 0 Å². The molecule has 3 heteroatoms. The molecule has 0 N–H and O–H groups in total. The van der Waals surface area contributed by atoms with Crippen molar-refractivity contribution in [3.63, 3.8) is 0 Å². The van der Waals surface area contributed by atoms with Crippen LogP contribution in [0, 0.1) is 11.3 Å². The minimum Gasteiger partial charge on any atom is -0.375 e. The van der Waals surface area contributed by atoms with Crippen molar-refractivity contribution < 1.29 is 4.74 Å². The van der Waals surface area contributed by atoms with Crippen molar-refractivity contribution >= 4 is 0 Å². The molecule has 0 spiro atoms. The third-order valence-electron chi connectivity index (χ3n) is 3.42. The Kier molecular flexibility index (Phi) is 5.96. The van der Waals surface area contributed by atoms with E-state index >= 15 is 0 Å². The van der Waals surface area contributed by atoms with E-state index in [1.165, 1.54) is 5.56 Å². The SMILES string of the molecule is CO[C@H](CN(CC#N)Cc1ccccc1)c1ccccc1. The number of hydrogen-bond donors (Lipinski definition) is 0. The molecule has 0 saturated heterocycles. The first-order chi connectivity index (χ1) is 10.3. The van der Waals surface area contributed by atoms with Gasteiger partial charge in [-0.2, -0.15) is 5.26 Å². The van der Waals surface area contributed by atoms with Gasteiger partial charge in [-0.3, -0.25) is 4.90 Å². The molecule has 2 rings (SSSR count). The molecule has 0 aromatic heterocycles. The van der Waals surface area contributed by atoms with Gasteiger partial charge in [0.25, 0.3) is 0 Å². The Labute approximate surface area is 126 Å². The van der Waals surface area contributed by atoms with E-state index in [9.17, 15) is 0 Å². The Morgan fingerprint density at radius 3 is 2.24 bits per heavy atom. The van der Waals surface area contributed by atoms with Gasteiger partial charge in [-0.05, 0) is 11.1 Å². The summed E-state index contributed by atoms with van der Waals surface area (Å²) < 4.78 is 5.60. The van der Waals surface area contributed by atoms with Crippen molar-refractivity contribution in [1.29, 1.82) is 5.26 Å². The largest absolute Gasteiger partial charge is 0.375 e. The van der Waals surface area contributed by atoms with E-state index in [1.807, 2.05) is 36.4 Å². The highest BCUT2D eigenvalue weighted by Gasteiger charge is 2.15. The van der Waals surface area contributed by atoms with Gasteiger partial charge in [0.05, 0.1) is 18.7 Å². The molecule has 0 aliphatic rings. The Morgan fingerprint density at radius 2 is 1.67 bits per heavy atom. The molecule has 0 radical (unpaired) electrons. The number of nitriles is 1. The van der Waals surface area contributed by atoms with Crippen LogP contribution < -0.4 is 0 Å². The first kappa shape index (κ1) is 15.2. The van der Waals surface area contributed by atoms with Crippen molar-refractivity contribution in [3.05, 3.63) is 71.8 Å². The van der Waals surface area contributed by atoms with Crippen molar-refractivity contribution in [2.75, 3.05) is 20.2 Å². The van der Waals surface area contributed by atoms with Crippen molar-refractivity contribution in [2.24, 2.45) is 0 Å². The van der Waals surface area contributed by atoms with Crippen molar-refractivity contribution in [1.82, 2.24) is 4.90 Å². The van der Waals surface area contributed by atoms with Gasteiger partial charge in [0, 0.05) is 20.2 Å². The first-order valence-electron chi connectivity index (χ1n) is 7.04. The fraction of sp³-hybridized carbons (Fsp3) is 0.278. The summed E-state index contributed by atoms with van der Waals surface area (Å²) in [5.41, 5.74) is 2.34. The third-order valence-corrected chi connectivity index (χ3v) is 3.42. The molecule has 21 heavy (non-hydrogen) atoms. The van der Waals surface area contributed by atoms with E-state index in [0.29, 0.717) is 13.1 Å². The predicted molar refractivity (Wildman–Crippen MR) is 83.5 cm³/mol. The number of nitrogens with zero attached hydrogens (tertiary/aromatic N) is 2. The van der Waals surface area contributed by atoms with Crippen LogP contribution in [0.15, 0.2) is 60.7 Å². The molecular formula is C18H20N2O. The quantitative estimate of drug-likeness (QED) is 0.729. The summed E-state index contributed by atoms with van der Waals surface area (Å²) >= 11 is 0. The van der Waals surface area contributed by atoms with Gasteiger partial charge >= 0.3 is 0 Å². The molecule has 0 aliphatic heterocycles. The number of benzene rings is 2. The van der Waals surface area contributed by atoms with Gasteiger partial charge in [0.15, 0.2) is 0 Å². The topological polar surface area (TPSA) is 36.3 Å². The van der Waals surface area contributed by atoms with E-state index in [-0.39, 0.29) is 6.10 Å². The zero-order valence-electron chi connectivity index (χ0n) is 12.3. The second-order valence-corrected chi connectivity index (χ2v) is 4.95. The molecule has 2 aromatic carbocycles. The molecule has 108 valence electrons. The Bertz CT molecular complexity index is 563. The molecule has 0 heterocycles. The van der Waals surface area contributed by atoms with E-state index < -0.39 is 0 Å². The fourth-order valence-electron chi connectivity index (χ4n) is 2.34. The van der Waals surface area contributed by atoms with E-state index in [4.69, 9.17) is 10.00 Å². The van der Waals surface area contributed by atoms with Gasteiger partial charge < -0.3 is 4.74 Å². The summed E-state index contributed by atoms with van der Waals surface area (Å²) in [6, 6.07) is 22.6. The maximum absolute atomic E-state index is 9.04. The molecule has 0 unspecified atom stereocenters. The van der Waals surface area contributed by atoms with Crippen LogP contribution in [0.4, 0.5) is 0 Å². The highest BCUT2D eigenvalue weighted by molar-refractivity contribution is 5.19. The second kappa shape index (κ2) is 8.21. The zero-order valence-corrected chi connectivity index (χ0v) is 12.3. The molecule has 0 fully saturated rings. The predicted octanol–water partition coefficient (Wildman–Crippen LogP) is 3.40. The van der Waals surface area contributed by atoms with Crippen LogP contribution in [-0.2, 0) is 11.3 Å². The molecular weight excluding hydrogens is 260 g/mol. The van der Waals surface area contributed by atoms with E-state index in [1.54, 1.807) is 7.11 Å². The zero-order chi connectivity index (χ0) is 14.9. The average Bonchev–Trinajstić information content (AvgIpc) is 2.54. The lowest BCUT2D eigenvalue weighted by Crippen LogP contribution is -2.29. The minimum absolute atomic E-state index is 0.0248. The lowest BCUT2D eigenvalue weighted by Gasteiger charge is -2.25. The molecule has 3 nitrogen and oxygen atoms in total. The lowest BCUT2D eigenvalue weighted by atomic mass is 10.1. The smallest absolute Gasteiger partial charge is 0.0948 e. The Hall–Kier alpha value is -2.15. The molecule has 0 bridgehead atoms. The number of methoxy groups -OCH3 is 1. The summed E-state index contributed by atoms with van der Waals surface area (Å²) in [6.07, 6.45) is -0.0248. The summed E-state index contributed by atoms with van der Waals surface area (Å²) in [6.45, 7) is 1.84. The minimum atomic E-state index is -0.0248. The van der Waals surface area contributed by atoms with Gasteiger partial charge in [0.2, 0.25) is 0 Å². The van der Waals surface area contributed by atoms with Crippen LogP contribution in [0.5, 0.6) is 0 Å². The maximum atomic E-state index is 9.04. The first-order valence-corrected chi connectivity index (χ1v) is 7.04. The van der Waals surface area contributed by atoms with Gasteiger partial charge in [-0.1, -0.05) is 60.7 Å². The van der Waals surface area contributed by atoms with E-state index in [0.717, 1.165) is 12.1 Å². The van der Waals surface area contributed by atoms with Crippen LogP contribution in [-0.4, -0.2) is 25.1 Å². The van der Waals surface area contributed by atoms with Crippen LogP contribution in [0.1, 0.15) is 17.2 Å². The monoisotopic (exact) mass is 280 g/mol. The molecule has 0 amide bonds. The van der Waals surface area contributed by atoms with Crippen molar-refractivity contribution in [2.45, 2.75) is 12.6 Å². The van der Waals surface area contributed by atoms with Gasteiger partial charge in [0.1, 0.15) is 0 Å². The highest BCUT2D eigenvalue weighted by atomic mass is 16.5. The molecule has 0 aliphatic carbocycles. The lowest BCUT2D eigenvalue weighted by molar-refractivity contribution is 0.0653. The average molecular weight is 280 g/mol. The Balaban J connectivity index is 2.06. The summed E-state index contributed by atoms with van der Waals surface area (Å²) in [5.74, 6) is 0. The second-order valence-electron chi connectivity index (χ2n) is 4.95. The fourth-order valence-corrected chi connectivity index (χ4v) is 2.34. The van der Waals surface area contributed by atoms with Crippen LogP contribution in [0.25, 0.3) is 0 Å². The molecule has 2 aromatic rings. The van der Waals surface area contributed by atoms with Crippen LogP contribution in [0.3, 0.4) is 0 Å².